The van der Waals surface area contributed by atoms with Crippen LogP contribution in [0.1, 0.15) is 31.6 Å². The van der Waals surface area contributed by atoms with E-state index in [1.54, 1.807) is 6.26 Å². The number of furan rings is 1. The molecule has 29 heavy (non-hydrogen) atoms. The van der Waals surface area contributed by atoms with Crippen molar-refractivity contribution < 1.29 is 4.42 Å². The molecule has 2 N–H and O–H groups in total. The fourth-order valence-electron chi connectivity index (χ4n) is 4.16. The van der Waals surface area contributed by atoms with Gasteiger partial charge in [-0.15, -0.1) is 24.0 Å². The Morgan fingerprint density at radius 1 is 1.10 bits per heavy atom. The van der Waals surface area contributed by atoms with Crippen molar-refractivity contribution in [3.05, 3.63) is 24.2 Å². The van der Waals surface area contributed by atoms with Crippen molar-refractivity contribution in [1.29, 1.82) is 0 Å². The molecule has 2 saturated heterocycles. The van der Waals surface area contributed by atoms with Gasteiger partial charge in [-0.3, -0.25) is 9.89 Å². The van der Waals surface area contributed by atoms with Crippen molar-refractivity contribution in [2.75, 3.05) is 73.0 Å². The molecule has 3 heterocycles. The van der Waals surface area contributed by atoms with Crippen molar-refractivity contribution in [3.8, 4) is 0 Å². The van der Waals surface area contributed by atoms with Gasteiger partial charge in [0.05, 0.1) is 12.3 Å². The molecule has 166 valence electrons. The smallest absolute Gasteiger partial charge is 0.191 e. The summed E-state index contributed by atoms with van der Waals surface area (Å²) < 4.78 is 5.71. The van der Waals surface area contributed by atoms with Gasteiger partial charge in [-0.05, 0) is 51.0 Å². The number of nitrogens with one attached hydrogen (secondary N) is 2. The van der Waals surface area contributed by atoms with E-state index >= 15 is 0 Å². The molecule has 0 bridgehead atoms. The number of nitrogens with zero attached hydrogens (tertiary/aromatic N) is 4. The minimum absolute atomic E-state index is 0. The van der Waals surface area contributed by atoms with Crippen LogP contribution in [0, 0.1) is 5.92 Å². The topological polar surface area (TPSA) is 59.3 Å². The molecule has 7 nitrogen and oxygen atoms in total. The van der Waals surface area contributed by atoms with E-state index in [0.29, 0.717) is 5.92 Å². The second kappa shape index (κ2) is 12.8. The summed E-state index contributed by atoms with van der Waals surface area (Å²) in [6.45, 7) is 12.2. The molecule has 0 aliphatic carbocycles. The van der Waals surface area contributed by atoms with Gasteiger partial charge in [-0.2, -0.15) is 0 Å². The van der Waals surface area contributed by atoms with Crippen molar-refractivity contribution >= 4 is 29.9 Å². The summed E-state index contributed by atoms with van der Waals surface area (Å²) in [6, 6.07) is 4.32. The highest BCUT2D eigenvalue weighted by Crippen LogP contribution is 2.24. The Labute approximate surface area is 193 Å². The minimum Gasteiger partial charge on any atom is -0.468 e. The third-order valence-corrected chi connectivity index (χ3v) is 5.92. The number of halogens is 1. The number of rotatable bonds is 8. The first-order valence-electron chi connectivity index (χ1n) is 10.8. The number of hydrogen-bond acceptors (Lipinski definition) is 5. The molecule has 2 fully saturated rings. The number of guanidine groups is 1. The third-order valence-electron chi connectivity index (χ3n) is 5.92. The number of aliphatic imine (C=N–C) groups is 1. The molecule has 1 aromatic heterocycles. The maximum atomic E-state index is 5.71. The van der Waals surface area contributed by atoms with Crippen molar-refractivity contribution in [2.45, 2.75) is 25.8 Å². The SMILES string of the molecule is CN=C(NCC(C)CN1CCN(C)CC1)NCC(c1ccco1)N1CCCC1.I. The lowest BCUT2D eigenvalue weighted by Gasteiger charge is -2.34. The van der Waals surface area contributed by atoms with E-state index in [2.05, 4.69) is 50.4 Å². The Kier molecular flexibility index (Phi) is 10.8. The van der Waals surface area contributed by atoms with Crippen molar-refractivity contribution in [2.24, 2.45) is 10.9 Å². The van der Waals surface area contributed by atoms with E-state index in [1.165, 1.54) is 39.0 Å². The van der Waals surface area contributed by atoms with Crippen LogP contribution in [-0.4, -0.2) is 93.7 Å². The zero-order valence-electron chi connectivity index (χ0n) is 18.3. The summed E-state index contributed by atoms with van der Waals surface area (Å²) in [5.74, 6) is 2.50. The van der Waals surface area contributed by atoms with Crippen LogP contribution in [0.15, 0.2) is 27.8 Å². The minimum atomic E-state index is 0. The lowest BCUT2D eigenvalue weighted by Crippen LogP contribution is -2.48. The number of likely N-dealkylation sites (tertiary alicyclic amines) is 1. The average Bonchev–Trinajstić information content (AvgIpc) is 3.41. The Morgan fingerprint density at radius 2 is 1.79 bits per heavy atom. The number of likely N-dealkylation sites (N-methyl/N-ethyl adjacent to an activating group) is 1. The molecule has 0 radical (unpaired) electrons. The van der Waals surface area contributed by atoms with Gasteiger partial charge in [-0.1, -0.05) is 6.92 Å². The van der Waals surface area contributed by atoms with Crippen LogP contribution in [0.4, 0.5) is 0 Å². The second-order valence-corrected chi connectivity index (χ2v) is 8.32. The predicted octanol–water partition coefficient (Wildman–Crippen LogP) is 2.08. The van der Waals surface area contributed by atoms with E-state index < -0.39 is 0 Å². The van der Waals surface area contributed by atoms with Gasteiger partial charge in [0.1, 0.15) is 5.76 Å². The number of hydrogen-bond donors (Lipinski definition) is 2. The van der Waals surface area contributed by atoms with Crippen molar-refractivity contribution in [3.63, 3.8) is 0 Å². The van der Waals surface area contributed by atoms with Gasteiger partial charge in [-0.25, -0.2) is 0 Å². The Hall–Kier alpha value is -0.840. The summed E-state index contributed by atoms with van der Waals surface area (Å²) in [4.78, 5) is 11.9. The van der Waals surface area contributed by atoms with Crippen LogP contribution in [0.25, 0.3) is 0 Å². The molecular formula is C21H39IN6O. The molecule has 3 rings (SSSR count). The molecule has 2 aliphatic heterocycles. The van der Waals surface area contributed by atoms with Crippen LogP contribution in [0.5, 0.6) is 0 Å². The highest BCUT2D eigenvalue weighted by molar-refractivity contribution is 14.0. The lowest BCUT2D eigenvalue weighted by atomic mass is 10.1. The molecule has 1 aromatic rings. The Balaban J connectivity index is 0.00000300. The summed E-state index contributed by atoms with van der Waals surface area (Å²) >= 11 is 0. The zero-order chi connectivity index (χ0) is 19.8. The molecule has 0 aromatic carbocycles. The van der Waals surface area contributed by atoms with Gasteiger partial charge in [0.25, 0.3) is 0 Å². The highest BCUT2D eigenvalue weighted by atomic mass is 127. The lowest BCUT2D eigenvalue weighted by molar-refractivity contribution is 0.139. The molecule has 0 saturated carbocycles. The average molecular weight is 518 g/mol. The Bertz CT molecular complexity index is 582. The van der Waals surface area contributed by atoms with E-state index in [-0.39, 0.29) is 30.0 Å². The van der Waals surface area contributed by atoms with Gasteiger partial charge in [0.2, 0.25) is 0 Å². The number of piperazine rings is 1. The van der Waals surface area contributed by atoms with Crippen LogP contribution in [-0.2, 0) is 0 Å². The monoisotopic (exact) mass is 518 g/mol. The maximum absolute atomic E-state index is 5.71. The summed E-state index contributed by atoms with van der Waals surface area (Å²) in [6.07, 6.45) is 4.31. The largest absolute Gasteiger partial charge is 0.468 e. The standard InChI is InChI=1S/C21H38N6O.HI/c1-18(17-26-12-10-25(3)11-13-26)15-23-21(22-2)24-16-19(20-7-6-14-28-20)27-8-4-5-9-27;/h6-7,14,18-19H,4-5,8-13,15-17H2,1-3H3,(H2,22,23,24);1H. The van der Waals surface area contributed by atoms with Gasteiger partial charge in [0, 0.05) is 52.9 Å². The van der Waals surface area contributed by atoms with E-state index in [4.69, 9.17) is 4.42 Å². The molecule has 2 atom stereocenters. The molecule has 0 spiro atoms. The molecule has 2 unspecified atom stereocenters. The second-order valence-electron chi connectivity index (χ2n) is 8.32. The van der Waals surface area contributed by atoms with Crippen LogP contribution >= 0.6 is 24.0 Å². The first-order valence-corrected chi connectivity index (χ1v) is 10.8. The molecule has 2 aliphatic rings. The first-order chi connectivity index (χ1) is 13.7. The fourth-order valence-corrected chi connectivity index (χ4v) is 4.16. The molecular weight excluding hydrogens is 479 g/mol. The fraction of sp³-hybridized carbons (Fsp3) is 0.762. The van der Waals surface area contributed by atoms with Crippen LogP contribution in [0.2, 0.25) is 0 Å². The molecule has 8 heteroatoms. The van der Waals surface area contributed by atoms with Crippen LogP contribution < -0.4 is 10.6 Å². The summed E-state index contributed by atoms with van der Waals surface area (Å²) in [5, 5.41) is 7.03. The summed E-state index contributed by atoms with van der Waals surface area (Å²) in [7, 11) is 4.05. The molecule has 0 amide bonds. The van der Waals surface area contributed by atoms with Gasteiger partial charge >= 0.3 is 0 Å². The third kappa shape index (κ3) is 7.73. The van der Waals surface area contributed by atoms with E-state index in [1.807, 2.05) is 13.1 Å². The summed E-state index contributed by atoms with van der Waals surface area (Å²) in [5.41, 5.74) is 0. The predicted molar refractivity (Wildman–Crippen MR) is 130 cm³/mol. The zero-order valence-corrected chi connectivity index (χ0v) is 20.6. The first kappa shape index (κ1) is 24.4. The van der Waals surface area contributed by atoms with Crippen molar-refractivity contribution in [1.82, 2.24) is 25.3 Å². The highest BCUT2D eigenvalue weighted by Gasteiger charge is 2.25. The van der Waals surface area contributed by atoms with Gasteiger partial charge in [0.15, 0.2) is 5.96 Å². The van der Waals surface area contributed by atoms with E-state index in [0.717, 1.165) is 44.4 Å². The van der Waals surface area contributed by atoms with Crippen LogP contribution in [0.3, 0.4) is 0 Å². The quantitative estimate of drug-likeness (QED) is 0.312. The Morgan fingerprint density at radius 3 is 2.41 bits per heavy atom. The normalized spacial score (nSPS) is 21.6. The van der Waals surface area contributed by atoms with E-state index in [9.17, 15) is 0 Å². The maximum Gasteiger partial charge on any atom is 0.191 e. The van der Waals surface area contributed by atoms with Gasteiger partial charge < -0.3 is 24.9 Å².